The molecule has 0 aliphatic carbocycles. The second-order valence-corrected chi connectivity index (χ2v) is 4.48. The maximum absolute atomic E-state index is 5.47. The summed E-state index contributed by atoms with van der Waals surface area (Å²) in [4.78, 5) is 0. The molecule has 0 heterocycles. The molecule has 2 rings (SSSR count). The molecule has 0 aliphatic rings. The molecule has 2 aromatic rings. The van der Waals surface area contributed by atoms with Crippen molar-refractivity contribution in [2.75, 3.05) is 7.11 Å². The molecule has 0 spiro atoms. The fraction of sp³-hybridized carbons (Fsp3) is 0.250. The maximum Gasteiger partial charge on any atom is 0.122 e. The Kier molecular flexibility index (Phi) is 3.48. The number of hydrogen-bond donors (Lipinski definition) is 0. The minimum Gasteiger partial charge on any atom is -0.496 e. The predicted octanol–water partition coefficient (Wildman–Crippen LogP) is 4.49. The maximum atomic E-state index is 5.47. The van der Waals surface area contributed by atoms with Crippen molar-refractivity contribution in [2.45, 2.75) is 19.8 Å². The summed E-state index contributed by atoms with van der Waals surface area (Å²) in [5.41, 5.74) is 3.68. The van der Waals surface area contributed by atoms with Crippen LogP contribution in [0.15, 0.2) is 48.5 Å². The lowest BCUT2D eigenvalue weighted by molar-refractivity contribution is 0.408. The highest BCUT2D eigenvalue weighted by Gasteiger charge is 2.08. The van der Waals surface area contributed by atoms with Crippen LogP contribution in [0.3, 0.4) is 0 Å². The van der Waals surface area contributed by atoms with Gasteiger partial charge in [0, 0.05) is 0 Å². The van der Waals surface area contributed by atoms with E-state index in [0.717, 1.165) is 5.75 Å². The van der Waals surface area contributed by atoms with Crippen LogP contribution in [0.1, 0.15) is 25.3 Å². The Hall–Kier alpha value is -1.76. The lowest BCUT2D eigenvalue weighted by Gasteiger charge is -2.13. The second-order valence-electron chi connectivity index (χ2n) is 4.48. The van der Waals surface area contributed by atoms with Gasteiger partial charge < -0.3 is 4.74 Å². The van der Waals surface area contributed by atoms with Crippen LogP contribution in [0.25, 0.3) is 11.1 Å². The molecule has 0 unspecified atom stereocenters. The first-order chi connectivity index (χ1) is 8.22. The van der Waals surface area contributed by atoms with Gasteiger partial charge in [0.15, 0.2) is 0 Å². The van der Waals surface area contributed by atoms with E-state index < -0.39 is 0 Å². The molecule has 0 atom stereocenters. The number of hydrogen-bond acceptors (Lipinski definition) is 1. The van der Waals surface area contributed by atoms with E-state index in [0.29, 0.717) is 5.92 Å². The van der Waals surface area contributed by atoms with Gasteiger partial charge in [-0.25, -0.2) is 0 Å². The monoisotopic (exact) mass is 226 g/mol. The Balaban J connectivity index is 2.45. The summed E-state index contributed by atoms with van der Waals surface area (Å²) in [5.74, 6) is 1.45. The molecule has 88 valence electrons. The average Bonchev–Trinajstić information content (AvgIpc) is 2.39. The topological polar surface area (TPSA) is 9.23 Å². The number of benzene rings is 2. The molecule has 0 N–H and O–H groups in total. The molecular formula is C16H18O. The summed E-state index contributed by atoms with van der Waals surface area (Å²) in [6, 6.07) is 16.8. The summed E-state index contributed by atoms with van der Waals surface area (Å²) >= 11 is 0. The van der Waals surface area contributed by atoms with Crippen LogP contribution in [0, 0.1) is 0 Å². The Labute approximate surface area is 103 Å². The van der Waals surface area contributed by atoms with Crippen LogP contribution in [0.2, 0.25) is 0 Å². The molecular weight excluding hydrogens is 208 g/mol. The summed E-state index contributed by atoms with van der Waals surface area (Å²) in [6.07, 6.45) is 0. The predicted molar refractivity (Wildman–Crippen MR) is 72.5 cm³/mol. The highest BCUT2D eigenvalue weighted by molar-refractivity contribution is 5.66. The normalized spacial score (nSPS) is 10.6. The molecule has 17 heavy (non-hydrogen) atoms. The van der Waals surface area contributed by atoms with E-state index in [1.165, 1.54) is 16.7 Å². The molecule has 0 bridgehead atoms. The van der Waals surface area contributed by atoms with Crippen LogP contribution < -0.4 is 4.74 Å². The van der Waals surface area contributed by atoms with Crippen molar-refractivity contribution < 1.29 is 4.74 Å². The SMILES string of the molecule is COc1cc(-c2ccccc2)ccc1C(C)C. The van der Waals surface area contributed by atoms with Gasteiger partial charge in [0.05, 0.1) is 7.11 Å². The van der Waals surface area contributed by atoms with Gasteiger partial charge in [-0.05, 0) is 28.7 Å². The standard InChI is InChI=1S/C16H18O/c1-12(2)15-10-9-14(11-16(15)17-3)13-7-5-4-6-8-13/h4-12H,1-3H3. The van der Waals surface area contributed by atoms with Crippen LogP contribution in [0.5, 0.6) is 5.75 Å². The third-order valence-corrected chi connectivity index (χ3v) is 2.96. The average molecular weight is 226 g/mol. The van der Waals surface area contributed by atoms with Gasteiger partial charge >= 0.3 is 0 Å². The fourth-order valence-corrected chi connectivity index (χ4v) is 2.00. The molecule has 2 aromatic carbocycles. The first kappa shape index (κ1) is 11.7. The summed E-state index contributed by atoms with van der Waals surface area (Å²) < 4.78 is 5.47. The highest BCUT2D eigenvalue weighted by atomic mass is 16.5. The molecule has 0 saturated heterocycles. The quantitative estimate of drug-likeness (QED) is 0.749. The first-order valence-corrected chi connectivity index (χ1v) is 5.95. The molecule has 0 aromatic heterocycles. The van der Waals surface area contributed by atoms with E-state index in [4.69, 9.17) is 4.74 Å². The second kappa shape index (κ2) is 5.05. The summed E-state index contributed by atoms with van der Waals surface area (Å²) in [7, 11) is 1.73. The fourth-order valence-electron chi connectivity index (χ4n) is 2.00. The van der Waals surface area contributed by atoms with Crippen LogP contribution in [-0.4, -0.2) is 7.11 Å². The zero-order chi connectivity index (χ0) is 12.3. The molecule has 1 heteroatoms. The van der Waals surface area contributed by atoms with Crippen LogP contribution in [0.4, 0.5) is 0 Å². The van der Waals surface area contributed by atoms with Crippen LogP contribution >= 0.6 is 0 Å². The molecule has 0 radical (unpaired) electrons. The Bertz CT molecular complexity index is 486. The molecule has 0 aliphatic heterocycles. The van der Waals surface area contributed by atoms with E-state index in [2.05, 4.69) is 56.3 Å². The van der Waals surface area contributed by atoms with E-state index in [-0.39, 0.29) is 0 Å². The lowest BCUT2D eigenvalue weighted by atomic mass is 9.97. The Morgan fingerprint density at radius 2 is 1.59 bits per heavy atom. The van der Waals surface area contributed by atoms with Gasteiger partial charge in [0.25, 0.3) is 0 Å². The van der Waals surface area contributed by atoms with Crippen LogP contribution in [-0.2, 0) is 0 Å². The highest BCUT2D eigenvalue weighted by Crippen LogP contribution is 2.31. The largest absolute Gasteiger partial charge is 0.496 e. The van der Waals surface area contributed by atoms with E-state index in [9.17, 15) is 0 Å². The van der Waals surface area contributed by atoms with Gasteiger partial charge in [0.2, 0.25) is 0 Å². The van der Waals surface area contributed by atoms with Crippen molar-refractivity contribution >= 4 is 0 Å². The van der Waals surface area contributed by atoms with Gasteiger partial charge in [-0.3, -0.25) is 0 Å². The Morgan fingerprint density at radius 3 is 2.18 bits per heavy atom. The summed E-state index contributed by atoms with van der Waals surface area (Å²) in [5, 5.41) is 0. The van der Waals surface area contributed by atoms with E-state index in [1.807, 2.05) is 6.07 Å². The number of methoxy groups -OCH3 is 1. The number of rotatable bonds is 3. The van der Waals surface area contributed by atoms with Crippen molar-refractivity contribution in [3.63, 3.8) is 0 Å². The van der Waals surface area contributed by atoms with Gasteiger partial charge in [-0.1, -0.05) is 56.3 Å². The zero-order valence-electron chi connectivity index (χ0n) is 10.6. The molecule has 0 saturated carbocycles. The summed E-state index contributed by atoms with van der Waals surface area (Å²) in [6.45, 7) is 4.36. The van der Waals surface area contributed by atoms with Gasteiger partial charge in [-0.15, -0.1) is 0 Å². The van der Waals surface area contributed by atoms with Gasteiger partial charge in [0.1, 0.15) is 5.75 Å². The van der Waals surface area contributed by atoms with Crippen molar-refractivity contribution in [1.82, 2.24) is 0 Å². The minimum absolute atomic E-state index is 0.481. The molecule has 0 fully saturated rings. The number of ether oxygens (including phenoxy) is 1. The smallest absolute Gasteiger partial charge is 0.122 e. The third kappa shape index (κ3) is 2.50. The van der Waals surface area contributed by atoms with E-state index in [1.54, 1.807) is 7.11 Å². The zero-order valence-corrected chi connectivity index (χ0v) is 10.6. The molecule has 1 nitrogen and oxygen atoms in total. The van der Waals surface area contributed by atoms with Crippen molar-refractivity contribution in [1.29, 1.82) is 0 Å². The van der Waals surface area contributed by atoms with Crippen molar-refractivity contribution in [2.24, 2.45) is 0 Å². The third-order valence-electron chi connectivity index (χ3n) is 2.96. The lowest BCUT2D eigenvalue weighted by Crippen LogP contribution is -1.94. The molecule has 0 amide bonds. The van der Waals surface area contributed by atoms with E-state index >= 15 is 0 Å². The van der Waals surface area contributed by atoms with Crippen molar-refractivity contribution in [3.8, 4) is 16.9 Å². The van der Waals surface area contributed by atoms with Crippen molar-refractivity contribution in [3.05, 3.63) is 54.1 Å². The van der Waals surface area contributed by atoms with Gasteiger partial charge in [-0.2, -0.15) is 0 Å². The first-order valence-electron chi connectivity index (χ1n) is 5.95. The Morgan fingerprint density at radius 1 is 0.882 bits per heavy atom. The minimum atomic E-state index is 0.481.